The largest absolute Gasteiger partial charge is 0.295 e. The number of fused-ring (bicyclic) bond motifs is 1. The average Bonchev–Trinajstić information content (AvgIpc) is 2.39. The summed E-state index contributed by atoms with van der Waals surface area (Å²) in [5.41, 5.74) is 0.383. The maximum absolute atomic E-state index is 2.80. The molecule has 1 heteroatoms. The van der Waals surface area contributed by atoms with Crippen molar-refractivity contribution in [1.29, 1.82) is 0 Å². The van der Waals surface area contributed by atoms with Gasteiger partial charge in [-0.3, -0.25) is 4.90 Å². The third-order valence-electron chi connectivity index (χ3n) is 4.35. The molecule has 2 rings (SSSR count). The molecule has 0 N–H and O–H groups in total. The molecule has 1 nitrogen and oxygen atoms in total. The van der Waals surface area contributed by atoms with Crippen molar-refractivity contribution in [1.82, 2.24) is 4.90 Å². The van der Waals surface area contributed by atoms with E-state index in [9.17, 15) is 0 Å². The third kappa shape index (κ3) is 2.55. The highest BCUT2D eigenvalue weighted by molar-refractivity contribution is 4.91. The van der Waals surface area contributed by atoms with Crippen molar-refractivity contribution in [3.05, 3.63) is 0 Å². The zero-order valence-electron chi connectivity index (χ0n) is 10.8. The molecule has 0 amide bonds. The molecule has 2 aliphatic rings. The molecule has 88 valence electrons. The van der Waals surface area contributed by atoms with Crippen LogP contribution in [-0.2, 0) is 0 Å². The summed E-state index contributed by atoms with van der Waals surface area (Å²) >= 11 is 0. The highest BCUT2D eigenvalue weighted by atomic mass is 15.2. The molecule has 1 saturated carbocycles. The highest BCUT2D eigenvalue weighted by Gasteiger charge is 2.36. The maximum Gasteiger partial charge on any atom is 0.0129 e. The molecular weight excluding hydrogens is 182 g/mol. The number of likely N-dealkylation sites (tertiary alicyclic amines) is 1. The summed E-state index contributed by atoms with van der Waals surface area (Å²) in [5.74, 6) is 1.01. The first-order valence-corrected chi connectivity index (χ1v) is 6.86. The Hall–Kier alpha value is -0.0400. The van der Waals surface area contributed by atoms with Gasteiger partial charge in [0.1, 0.15) is 0 Å². The van der Waals surface area contributed by atoms with Crippen molar-refractivity contribution in [3.8, 4) is 0 Å². The van der Waals surface area contributed by atoms with E-state index in [-0.39, 0.29) is 0 Å². The summed E-state index contributed by atoms with van der Waals surface area (Å²) in [6, 6.07) is 0.904. The van der Waals surface area contributed by atoms with Crippen LogP contribution in [0.5, 0.6) is 0 Å². The van der Waals surface area contributed by atoms with E-state index >= 15 is 0 Å². The van der Waals surface area contributed by atoms with E-state index in [0.29, 0.717) is 5.54 Å². The molecule has 2 fully saturated rings. The minimum absolute atomic E-state index is 0.383. The Balaban J connectivity index is 2.10. The van der Waals surface area contributed by atoms with Crippen LogP contribution < -0.4 is 0 Å². The van der Waals surface area contributed by atoms with Crippen LogP contribution in [-0.4, -0.2) is 23.0 Å². The summed E-state index contributed by atoms with van der Waals surface area (Å²) < 4.78 is 0. The van der Waals surface area contributed by atoms with Crippen LogP contribution in [0.4, 0.5) is 0 Å². The third-order valence-corrected chi connectivity index (χ3v) is 4.35. The smallest absolute Gasteiger partial charge is 0.0129 e. The SMILES string of the molecule is CC(C)(C)N1CCCC2CCCCCC21. The van der Waals surface area contributed by atoms with Crippen molar-refractivity contribution < 1.29 is 0 Å². The monoisotopic (exact) mass is 209 g/mol. The van der Waals surface area contributed by atoms with Crippen molar-refractivity contribution in [2.75, 3.05) is 6.54 Å². The van der Waals surface area contributed by atoms with Gasteiger partial charge in [0, 0.05) is 11.6 Å². The van der Waals surface area contributed by atoms with Crippen LogP contribution in [0.2, 0.25) is 0 Å². The molecule has 1 saturated heterocycles. The lowest BCUT2D eigenvalue weighted by atomic mass is 9.83. The second kappa shape index (κ2) is 4.45. The zero-order valence-corrected chi connectivity index (χ0v) is 10.8. The molecule has 2 atom stereocenters. The first-order valence-electron chi connectivity index (χ1n) is 6.86. The highest BCUT2D eigenvalue weighted by Crippen LogP contribution is 2.37. The molecular formula is C14H27N. The van der Waals surface area contributed by atoms with Gasteiger partial charge >= 0.3 is 0 Å². The fourth-order valence-corrected chi connectivity index (χ4v) is 3.63. The molecule has 1 heterocycles. The summed E-state index contributed by atoms with van der Waals surface area (Å²) in [4.78, 5) is 2.80. The van der Waals surface area contributed by atoms with E-state index in [1.807, 2.05) is 0 Å². The van der Waals surface area contributed by atoms with Gasteiger partial charge in [0.15, 0.2) is 0 Å². The fraction of sp³-hybridized carbons (Fsp3) is 1.00. The maximum atomic E-state index is 2.80. The minimum atomic E-state index is 0.383. The van der Waals surface area contributed by atoms with Gasteiger partial charge < -0.3 is 0 Å². The average molecular weight is 209 g/mol. The predicted octanol–water partition coefficient (Wildman–Crippen LogP) is 3.83. The van der Waals surface area contributed by atoms with Crippen LogP contribution in [0.1, 0.15) is 65.7 Å². The fourth-order valence-electron chi connectivity index (χ4n) is 3.63. The molecule has 1 aliphatic heterocycles. The van der Waals surface area contributed by atoms with E-state index in [4.69, 9.17) is 0 Å². The zero-order chi connectivity index (χ0) is 10.9. The standard InChI is InChI=1S/C14H27N/c1-14(2,3)15-11-7-9-12-8-5-4-6-10-13(12)15/h12-13H,4-11H2,1-3H3. The second-order valence-corrected chi connectivity index (χ2v) is 6.47. The summed E-state index contributed by atoms with van der Waals surface area (Å²) in [5, 5.41) is 0. The quantitative estimate of drug-likeness (QED) is 0.586. The van der Waals surface area contributed by atoms with Crippen LogP contribution >= 0.6 is 0 Å². The van der Waals surface area contributed by atoms with Gasteiger partial charge in [-0.2, -0.15) is 0 Å². The van der Waals surface area contributed by atoms with E-state index in [0.717, 1.165) is 12.0 Å². The molecule has 0 radical (unpaired) electrons. The van der Waals surface area contributed by atoms with Gasteiger partial charge in [-0.25, -0.2) is 0 Å². The number of hydrogen-bond donors (Lipinski definition) is 0. The molecule has 1 aliphatic carbocycles. The molecule has 0 aromatic heterocycles. The number of rotatable bonds is 0. The Bertz CT molecular complexity index is 204. The topological polar surface area (TPSA) is 3.24 Å². The number of nitrogens with zero attached hydrogens (tertiary/aromatic N) is 1. The lowest BCUT2D eigenvalue weighted by Crippen LogP contribution is -2.53. The van der Waals surface area contributed by atoms with Gasteiger partial charge in [0.05, 0.1) is 0 Å². The lowest BCUT2D eigenvalue weighted by molar-refractivity contribution is 0.0121. The first kappa shape index (κ1) is 11.4. The van der Waals surface area contributed by atoms with Gasteiger partial charge in [0.2, 0.25) is 0 Å². The van der Waals surface area contributed by atoms with Crippen LogP contribution in [0, 0.1) is 5.92 Å². The molecule has 2 unspecified atom stereocenters. The summed E-state index contributed by atoms with van der Waals surface area (Å²) in [7, 11) is 0. The normalized spacial score (nSPS) is 34.6. The Morgan fingerprint density at radius 1 is 0.867 bits per heavy atom. The Morgan fingerprint density at radius 2 is 1.53 bits per heavy atom. The van der Waals surface area contributed by atoms with E-state index in [2.05, 4.69) is 25.7 Å². The Morgan fingerprint density at radius 3 is 2.27 bits per heavy atom. The minimum Gasteiger partial charge on any atom is -0.295 e. The molecule has 0 bridgehead atoms. The van der Waals surface area contributed by atoms with Gasteiger partial charge in [0.25, 0.3) is 0 Å². The number of hydrogen-bond acceptors (Lipinski definition) is 1. The summed E-state index contributed by atoms with van der Waals surface area (Å²) in [6.07, 6.45) is 10.3. The van der Waals surface area contributed by atoms with E-state index < -0.39 is 0 Å². The summed E-state index contributed by atoms with van der Waals surface area (Å²) in [6.45, 7) is 8.51. The van der Waals surface area contributed by atoms with Crippen molar-refractivity contribution in [2.24, 2.45) is 5.92 Å². The van der Waals surface area contributed by atoms with Crippen molar-refractivity contribution >= 4 is 0 Å². The molecule has 15 heavy (non-hydrogen) atoms. The van der Waals surface area contributed by atoms with Gasteiger partial charge in [-0.05, 0) is 58.9 Å². The van der Waals surface area contributed by atoms with Gasteiger partial charge in [-0.1, -0.05) is 19.3 Å². The Labute approximate surface area is 95.2 Å². The lowest BCUT2D eigenvalue weighted by Gasteiger charge is -2.48. The van der Waals surface area contributed by atoms with Crippen LogP contribution in [0.3, 0.4) is 0 Å². The molecule has 0 aromatic rings. The van der Waals surface area contributed by atoms with Crippen LogP contribution in [0.15, 0.2) is 0 Å². The Kier molecular flexibility index (Phi) is 3.39. The van der Waals surface area contributed by atoms with E-state index in [1.165, 1.54) is 51.5 Å². The van der Waals surface area contributed by atoms with Crippen molar-refractivity contribution in [3.63, 3.8) is 0 Å². The molecule has 0 spiro atoms. The number of piperidine rings is 1. The van der Waals surface area contributed by atoms with Gasteiger partial charge in [-0.15, -0.1) is 0 Å². The first-order chi connectivity index (χ1) is 7.09. The predicted molar refractivity (Wildman–Crippen MR) is 66.1 cm³/mol. The van der Waals surface area contributed by atoms with Crippen LogP contribution in [0.25, 0.3) is 0 Å². The second-order valence-electron chi connectivity index (χ2n) is 6.47. The molecule has 0 aromatic carbocycles. The van der Waals surface area contributed by atoms with Crippen molar-refractivity contribution in [2.45, 2.75) is 77.3 Å². The van der Waals surface area contributed by atoms with E-state index in [1.54, 1.807) is 0 Å².